The van der Waals surface area contributed by atoms with Crippen LogP contribution in [0.2, 0.25) is 0 Å². The average Bonchev–Trinajstić information content (AvgIpc) is 3.84. The molecule has 4 fully saturated rings. The predicted octanol–water partition coefficient (Wildman–Crippen LogP) is 5.95. The lowest BCUT2D eigenvalue weighted by atomic mass is 9.96. The van der Waals surface area contributed by atoms with Gasteiger partial charge in [-0.25, -0.2) is 4.39 Å². The maximum atomic E-state index is 15.1. The lowest BCUT2D eigenvalue weighted by Crippen LogP contribution is -2.42. The number of halogens is 1. The molecule has 6 nitrogen and oxygen atoms in total. The lowest BCUT2D eigenvalue weighted by molar-refractivity contribution is -0.141. The smallest absolute Gasteiger partial charge is 0.228 e. The molecule has 1 aromatic heterocycles. The van der Waals surface area contributed by atoms with Gasteiger partial charge in [0.2, 0.25) is 5.91 Å². The number of hydrogen-bond donors (Lipinski definition) is 0. The van der Waals surface area contributed by atoms with Gasteiger partial charge in [0.05, 0.1) is 25.7 Å². The third-order valence-electron chi connectivity index (χ3n) is 8.54. The average molecular weight is 503 g/mol. The van der Waals surface area contributed by atoms with Gasteiger partial charge in [-0.1, -0.05) is 29.4 Å². The van der Waals surface area contributed by atoms with Gasteiger partial charge in [0.25, 0.3) is 0 Å². The second-order valence-electron chi connectivity index (χ2n) is 11.0. The highest BCUT2D eigenvalue weighted by atomic mass is 19.1. The number of methoxy groups -OCH3 is 1. The fourth-order valence-corrected chi connectivity index (χ4v) is 6.24. The molecule has 3 saturated carbocycles. The molecule has 0 unspecified atom stereocenters. The van der Waals surface area contributed by atoms with E-state index in [-0.39, 0.29) is 29.8 Å². The molecule has 2 aromatic carbocycles. The van der Waals surface area contributed by atoms with E-state index < -0.39 is 0 Å². The van der Waals surface area contributed by atoms with Crippen LogP contribution in [-0.2, 0) is 22.7 Å². The molecular formula is C30H31FN2O4. The summed E-state index contributed by atoms with van der Waals surface area (Å²) in [7, 11) is 1.65. The van der Waals surface area contributed by atoms with Crippen molar-refractivity contribution in [1.82, 2.24) is 10.1 Å². The number of carbonyl (C=O) groups is 1. The van der Waals surface area contributed by atoms with E-state index in [0.29, 0.717) is 36.2 Å². The van der Waals surface area contributed by atoms with Crippen molar-refractivity contribution in [3.63, 3.8) is 0 Å². The van der Waals surface area contributed by atoms with E-state index in [1.54, 1.807) is 13.2 Å². The Kier molecular flexibility index (Phi) is 5.57. The maximum absolute atomic E-state index is 15.1. The zero-order chi connectivity index (χ0) is 25.1. The molecule has 1 aliphatic heterocycles. The summed E-state index contributed by atoms with van der Waals surface area (Å²) >= 11 is 0. The minimum Gasteiger partial charge on any atom is -0.497 e. The quantitative estimate of drug-likeness (QED) is 0.362. The molecule has 7 rings (SSSR count). The minimum absolute atomic E-state index is 0.133. The van der Waals surface area contributed by atoms with E-state index in [2.05, 4.69) is 5.16 Å². The predicted molar refractivity (Wildman–Crippen MR) is 134 cm³/mol. The molecule has 192 valence electrons. The zero-order valence-electron chi connectivity index (χ0n) is 21.0. The number of carbonyl (C=O) groups excluding carboxylic acids is 1. The van der Waals surface area contributed by atoms with Crippen LogP contribution in [0.5, 0.6) is 5.75 Å². The first-order valence-electron chi connectivity index (χ1n) is 13.4. The van der Waals surface area contributed by atoms with Crippen LogP contribution in [0.1, 0.15) is 72.8 Å². The van der Waals surface area contributed by atoms with E-state index in [4.69, 9.17) is 14.0 Å². The molecule has 37 heavy (non-hydrogen) atoms. The van der Waals surface area contributed by atoms with Crippen molar-refractivity contribution in [2.45, 2.75) is 75.7 Å². The first-order valence-corrected chi connectivity index (χ1v) is 13.4. The summed E-state index contributed by atoms with van der Waals surface area (Å²) < 4.78 is 32.6. The Labute approximate surface area is 215 Å². The molecule has 2 heterocycles. The van der Waals surface area contributed by atoms with Crippen molar-refractivity contribution >= 4 is 5.91 Å². The van der Waals surface area contributed by atoms with Crippen LogP contribution >= 0.6 is 0 Å². The number of hydrogen-bond acceptors (Lipinski definition) is 5. The van der Waals surface area contributed by atoms with Gasteiger partial charge < -0.3 is 18.9 Å². The van der Waals surface area contributed by atoms with E-state index in [9.17, 15) is 4.79 Å². The Balaban J connectivity index is 1.08. The van der Waals surface area contributed by atoms with E-state index in [1.807, 2.05) is 35.2 Å². The molecule has 4 aliphatic rings. The summed E-state index contributed by atoms with van der Waals surface area (Å²) in [6.45, 7) is 0.901. The fraction of sp³-hybridized carbons (Fsp3) is 0.467. The van der Waals surface area contributed by atoms with E-state index >= 15 is 4.39 Å². The van der Waals surface area contributed by atoms with Crippen LogP contribution < -0.4 is 4.74 Å². The highest BCUT2D eigenvalue weighted by Crippen LogP contribution is 2.49. The summed E-state index contributed by atoms with van der Waals surface area (Å²) in [5, 5.41) is 4.38. The molecule has 2 bridgehead atoms. The fourth-order valence-electron chi connectivity index (χ4n) is 6.24. The molecular weight excluding hydrogens is 471 g/mol. The number of piperidine rings is 1. The zero-order valence-corrected chi connectivity index (χ0v) is 21.0. The molecule has 0 spiro atoms. The second-order valence-corrected chi connectivity index (χ2v) is 11.0. The van der Waals surface area contributed by atoms with Gasteiger partial charge >= 0.3 is 0 Å². The summed E-state index contributed by atoms with van der Waals surface area (Å²) in [6.07, 6.45) is 5.78. The van der Waals surface area contributed by atoms with Gasteiger partial charge in [-0.3, -0.25) is 4.79 Å². The van der Waals surface area contributed by atoms with Crippen molar-refractivity contribution in [1.29, 1.82) is 0 Å². The van der Waals surface area contributed by atoms with Crippen molar-refractivity contribution in [3.05, 3.63) is 70.7 Å². The first kappa shape index (κ1) is 23.0. The Hall–Kier alpha value is -3.19. The summed E-state index contributed by atoms with van der Waals surface area (Å²) in [5.41, 5.74) is 4.12. The molecule has 0 N–H and O–H groups in total. The highest BCUT2D eigenvalue weighted by Gasteiger charge is 2.51. The summed E-state index contributed by atoms with van der Waals surface area (Å²) in [4.78, 5) is 15.2. The van der Waals surface area contributed by atoms with Crippen LogP contribution in [-0.4, -0.2) is 35.2 Å². The SMILES string of the molecule is COc1ccc(CN2C(=O)[C@@H]3C[C@H]2C[C@H]3OCc2c(-c3c(F)cccc3C3CC3)noc2C2CC2)cc1. The normalized spacial score (nSPS) is 24.8. The van der Waals surface area contributed by atoms with Gasteiger partial charge in [-0.05, 0) is 73.8 Å². The molecule has 1 saturated heterocycles. The number of ether oxygens (including phenoxy) is 2. The minimum atomic E-state index is -0.259. The van der Waals surface area contributed by atoms with Gasteiger partial charge in [0.1, 0.15) is 23.0 Å². The largest absolute Gasteiger partial charge is 0.497 e. The standard InChI is InChI=1S/C30H31FN2O4/c1-35-21-11-5-17(6-12-21)15-33-20-13-23(30(33)34)26(14-20)36-16-24-28(32-37-29(24)19-9-10-19)27-22(18-7-8-18)3-2-4-25(27)31/h2-6,11-12,18-20,23,26H,7-10,13-16H2,1H3/t20-,23+,26+/m0/s1. The number of likely N-dealkylation sites (tertiary alicyclic amines) is 1. The Bertz CT molecular complexity index is 1330. The van der Waals surface area contributed by atoms with Gasteiger partial charge in [0.15, 0.2) is 0 Å². The second kappa shape index (κ2) is 8.98. The highest BCUT2D eigenvalue weighted by molar-refractivity contribution is 5.83. The first-order chi connectivity index (χ1) is 18.1. The third kappa shape index (κ3) is 4.13. The van der Waals surface area contributed by atoms with Crippen LogP contribution in [0, 0.1) is 11.7 Å². The van der Waals surface area contributed by atoms with Crippen LogP contribution in [0.25, 0.3) is 11.3 Å². The van der Waals surface area contributed by atoms with Crippen molar-refractivity contribution in [3.8, 4) is 17.0 Å². The Morgan fingerprint density at radius 1 is 1.05 bits per heavy atom. The van der Waals surface area contributed by atoms with Crippen molar-refractivity contribution in [2.24, 2.45) is 5.92 Å². The number of aromatic nitrogens is 1. The summed E-state index contributed by atoms with van der Waals surface area (Å²) in [5.74, 6) is 2.13. The Morgan fingerprint density at radius 2 is 1.84 bits per heavy atom. The van der Waals surface area contributed by atoms with Crippen LogP contribution in [0.3, 0.4) is 0 Å². The number of fused-ring (bicyclic) bond motifs is 2. The number of nitrogens with zero attached hydrogens (tertiary/aromatic N) is 2. The maximum Gasteiger partial charge on any atom is 0.228 e. The van der Waals surface area contributed by atoms with Gasteiger partial charge in [-0.2, -0.15) is 0 Å². The lowest BCUT2D eigenvalue weighted by Gasteiger charge is -2.31. The molecule has 0 radical (unpaired) electrons. The number of benzene rings is 2. The van der Waals surface area contributed by atoms with E-state index in [1.165, 1.54) is 6.07 Å². The molecule has 3 aliphatic carbocycles. The van der Waals surface area contributed by atoms with Crippen molar-refractivity contribution < 1.29 is 23.2 Å². The van der Waals surface area contributed by atoms with Gasteiger partial charge in [0, 0.05) is 29.6 Å². The van der Waals surface area contributed by atoms with Crippen LogP contribution in [0.4, 0.5) is 4.39 Å². The molecule has 3 atom stereocenters. The topological polar surface area (TPSA) is 64.8 Å². The molecule has 1 amide bonds. The number of amides is 1. The third-order valence-corrected chi connectivity index (χ3v) is 8.54. The molecule has 3 aromatic rings. The van der Waals surface area contributed by atoms with Gasteiger partial charge in [-0.15, -0.1) is 0 Å². The molecule has 7 heteroatoms. The monoisotopic (exact) mass is 502 g/mol. The Morgan fingerprint density at radius 3 is 2.54 bits per heavy atom. The van der Waals surface area contributed by atoms with Crippen molar-refractivity contribution in [2.75, 3.05) is 7.11 Å². The summed E-state index contributed by atoms with van der Waals surface area (Å²) in [6, 6.07) is 13.4. The van der Waals surface area contributed by atoms with Crippen LogP contribution in [0.15, 0.2) is 47.0 Å². The van der Waals surface area contributed by atoms with E-state index in [0.717, 1.165) is 66.7 Å². The number of rotatable bonds is 9.